The molecule has 2 aromatic heterocycles. The number of rotatable bonds is 3. The van der Waals surface area contributed by atoms with Gasteiger partial charge in [0.2, 0.25) is 5.78 Å². The summed E-state index contributed by atoms with van der Waals surface area (Å²) in [5.74, 6) is -4.33. The number of hydrogen-bond donors (Lipinski definition) is 1. The highest BCUT2D eigenvalue weighted by molar-refractivity contribution is 6.33. The third-order valence-electron chi connectivity index (χ3n) is 3.60. The lowest BCUT2D eigenvalue weighted by atomic mass is 10.1. The van der Waals surface area contributed by atoms with Crippen molar-refractivity contribution in [2.45, 2.75) is 19.1 Å². The molecule has 0 unspecified atom stereocenters. The van der Waals surface area contributed by atoms with Crippen molar-refractivity contribution in [3.05, 3.63) is 47.1 Å². The Morgan fingerprint density at radius 1 is 1.12 bits per heavy atom. The molecule has 0 aliphatic carbocycles. The van der Waals surface area contributed by atoms with Gasteiger partial charge in [-0.2, -0.15) is 18.2 Å². The minimum atomic E-state index is -4.65. The molecule has 11 heteroatoms. The lowest BCUT2D eigenvalue weighted by molar-refractivity contribution is -0.138. The molecule has 26 heavy (non-hydrogen) atoms. The van der Waals surface area contributed by atoms with Gasteiger partial charge in [-0.25, -0.2) is 18.2 Å². The topological polar surface area (TPSA) is 42.2 Å². The number of benzene rings is 1. The predicted molar refractivity (Wildman–Crippen MR) is 82.4 cm³/mol. The van der Waals surface area contributed by atoms with Crippen LogP contribution in [0.4, 0.5) is 32.2 Å². The van der Waals surface area contributed by atoms with Crippen molar-refractivity contribution in [3.63, 3.8) is 0 Å². The Morgan fingerprint density at radius 3 is 2.31 bits per heavy atom. The fourth-order valence-corrected chi connectivity index (χ4v) is 2.61. The zero-order chi connectivity index (χ0) is 19.2. The van der Waals surface area contributed by atoms with E-state index in [4.69, 9.17) is 11.6 Å². The first-order valence-electron chi connectivity index (χ1n) is 7.10. The molecule has 1 atom stereocenters. The van der Waals surface area contributed by atoms with Crippen molar-refractivity contribution < 1.29 is 26.3 Å². The van der Waals surface area contributed by atoms with E-state index in [9.17, 15) is 26.3 Å². The summed E-state index contributed by atoms with van der Waals surface area (Å²) >= 11 is 5.97. The van der Waals surface area contributed by atoms with Gasteiger partial charge in [-0.15, -0.1) is 0 Å². The Bertz CT molecular complexity index is 961. The smallest absolute Gasteiger partial charge is 0.359 e. The van der Waals surface area contributed by atoms with Gasteiger partial charge in [-0.3, -0.25) is 4.40 Å². The van der Waals surface area contributed by atoms with E-state index in [0.717, 1.165) is 11.3 Å². The second-order valence-corrected chi connectivity index (χ2v) is 5.73. The van der Waals surface area contributed by atoms with Gasteiger partial charge >= 0.3 is 6.18 Å². The molecule has 3 aromatic rings. The summed E-state index contributed by atoms with van der Waals surface area (Å²) in [7, 11) is 0. The summed E-state index contributed by atoms with van der Waals surface area (Å²) in [4.78, 5) is 7.62. The number of nitrogens with zero attached hydrogens (tertiary/aromatic N) is 3. The van der Waals surface area contributed by atoms with Gasteiger partial charge in [0, 0.05) is 24.5 Å². The molecule has 4 nitrogen and oxygen atoms in total. The number of alkyl halides is 3. The van der Waals surface area contributed by atoms with Crippen LogP contribution >= 0.6 is 11.6 Å². The number of fused-ring (bicyclic) bond motifs is 1. The summed E-state index contributed by atoms with van der Waals surface area (Å²) < 4.78 is 81.6. The van der Waals surface area contributed by atoms with Gasteiger partial charge in [0.15, 0.2) is 0 Å². The van der Waals surface area contributed by atoms with Gasteiger partial charge in [-0.1, -0.05) is 11.6 Å². The van der Waals surface area contributed by atoms with Crippen molar-refractivity contribution in [2.75, 3.05) is 5.32 Å². The van der Waals surface area contributed by atoms with Gasteiger partial charge in [0.05, 0.1) is 11.1 Å². The van der Waals surface area contributed by atoms with E-state index in [1.807, 2.05) is 0 Å². The highest BCUT2D eigenvalue weighted by atomic mass is 35.5. The molecule has 0 bridgehead atoms. The van der Waals surface area contributed by atoms with E-state index in [1.165, 1.54) is 12.4 Å². The van der Waals surface area contributed by atoms with Crippen molar-refractivity contribution in [1.29, 1.82) is 0 Å². The second kappa shape index (κ2) is 6.35. The molecule has 0 saturated carbocycles. The predicted octanol–water partition coefficient (Wildman–Crippen LogP) is 4.83. The normalized spacial score (nSPS) is 13.2. The first-order valence-corrected chi connectivity index (χ1v) is 7.48. The summed E-state index contributed by atoms with van der Waals surface area (Å²) in [6, 6.07) is -1.30. The lowest BCUT2D eigenvalue weighted by Crippen LogP contribution is -2.34. The van der Waals surface area contributed by atoms with Crippen molar-refractivity contribution in [1.82, 2.24) is 14.4 Å². The van der Waals surface area contributed by atoms with Crippen molar-refractivity contribution in [2.24, 2.45) is 0 Å². The summed E-state index contributed by atoms with van der Waals surface area (Å²) in [5, 5.41) is 1.64. The molecule has 0 aliphatic heterocycles. The molecular weight excluding hydrogens is 386 g/mol. The van der Waals surface area contributed by atoms with Crippen LogP contribution in [0, 0.1) is 17.5 Å². The van der Waals surface area contributed by atoms with E-state index >= 15 is 0 Å². The second-order valence-electron chi connectivity index (χ2n) is 5.38. The molecule has 0 amide bonds. The number of imidazole rings is 1. The molecule has 0 radical (unpaired) electrons. The SMILES string of the molecule is C[C@@H](Nc1c(-c2c(F)cc(F)cc2F)c(Cl)nc2nccn12)C(F)(F)F. The number of hydrogen-bond acceptors (Lipinski definition) is 3. The highest BCUT2D eigenvalue weighted by Crippen LogP contribution is 2.39. The summed E-state index contributed by atoms with van der Waals surface area (Å²) in [6.45, 7) is 0.818. The Hall–Kier alpha value is -2.49. The van der Waals surface area contributed by atoms with Gasteiger partial charge in [-0.05, 0) is 6.92 Å². The van der Waals surface area contributed by atoms with Crippen LogP contribution in [0.1, 0.15) is 6.92 Å². The van der Waals surface area contributed by atoms with Crippen LogP contribution in [0.3, 0.4) is 0 Å². The molecule has 2 heterocycles. The Balaban J connectivity index is 2.32. The van der Waals surface area contributed by atoms with Crippen molar-refractivity contribution >= 4 is 23.2 Å². The number of aromatic nitrogens is 3. The molecular formula is C15H9ClF6N4. The van der Waals surface area contributed by atoms with Gasteiger partial charge < -0.3 is 5.32 Å². The zero-order valence-corrected chi connectivity index (χ0v) is 13.6. The molecule has 138 valence electrons. The number of nitrogens with one attached hydrogen (secondary N) is 1. The molecule has 0 aliphatic rings. The maximum absolute atomic E-state index is 14.2. The third-order valence-corrected chi connectivity index (χ3v) is 3.88. The minimum Gasteiger partial charge on any atom is -0.359 e. The fraction of sp³-hybridized carbons (Fsp3) is 0.200. The van der Waals surface area contributed by atoms with Crippen LogP contribution in [-0.4, -0.2) is 26.6 Å². The molecule has 3 rings (SSSR count). The average Bonchev–Trinajstić information content (AvgIpc) is 2.95. The highest BCUT2D eigenvalue weighted by Gasteiger charge is 2.37. The molecule has 0 fully saturated rings. The molecule has 1 N–H and O–H groups in total. The first kappa shape index (κ1) is 18.3. The van der Waals surface area contributed by atoms with Crippen LogP contribution in [0.2, 0.25) is 5.15 Å². The van der Waals surface area contributed by atoms with E-state index in [-0.39, 0.29) is 11.6 Å². The van der Waals surface area contributed by atoms with Crippen LogP contribution < -0.4 is 5.32 Å². The van der Waals surface area contributed by atoms with Gasteiger partial charge in [0.25, 0.3) is 0 Å². The van der Waals surface area contributed by atoms with Crippen molar-refractivity contribution in [3.8, 4) is 11.1 Å². The summed E-state index contributed by atoms with van der Waals surface area (Å²) in [5.41, 5.74) is -1.29. The maximum atomic E-state index is 14.2. The molecule has 0 spiro atoms. The van der Waals surface area contributed by atoms with E-state index in [0.29, 0.717) is 12.1 Å². The summed E-state index contributed by atoms with van der Waals surface area (Å²) in [6.07, 6.45) is -2.18. The molecule has 1 aromatic carbocycles. The minimum absolute atomic E-state index is 0.0847. The quantitative estimate of drug-likeness (QED) is 0.511. The number of anilines is 1. The van der Waals surface area contributed by atoms with Crippen LogP contribution in [0.25, 0.3) is 16.9 Å². The zero-order valence-electron chi connectivity index (χ0n) is 12.9. The standard InChI is InChI=1S/C15H9ClF6N4/c1-6(15(20,21)22)24-13-11(10-8(18)4-7(17)5-9(10)19)12(16)25-14-23-2-3-26(13)14/h2-6,24H,1H3/t6-/m1/s1. The van der Waals surface area contributed by atoms with E-state index < -0.39 is 45.9 Å². The fourth-order valence-electron chi connectivity index (χ4n) is 2.35. The Kier molecular flexibility index (Phi) is 4.47. The van der Waals surface area contributed by atoms with Crippen LogP contribution in [-0.2, 0) is 0 Å². The third kappa shape index (κ3) is 3.16. The molecule has 0 saturated heterocycles. The van der Waals surface area contributed by atoms with E-state index in [2.05, 4.69) is 15.3 Å². The maximum Gasteiger partial charge on any atom is 0.408 e. The van der Waals surface area contributed by atoms with Crippen LogP contribution in [0.5, 0.6) is 0 Å². The van der Waals surface area contributed by atoms with Crippen LogP contribution in [0.15, 0.2) is 24.5 Å². The monoisotopic (exact) mass is 394 g/mol. The Morgan fingerprint density at radius 2 is 1.73 bits per heavy atom. The lowest BCUT2D eigenvalue weighted by Gasteiger charge is -2.22. The van der Waals surface area contributed by atoms with E-state index in [1.54, 1.807) is 0 Å². The average molecular weight is 395 g/mol. The largest absolute Gasteiger partial charge is 0.408 e. The number of halogens is 7. The first-order chi connectivity index (χ1) is 12.1. The van der Waals surface area contributed by atoms with Gasteiger partial charge in [0.1, 0.15) is 34.5 Å². The Labute approximate surface area is 147 Å².